The molecule has 84 valence electrons. The molecule has 0 heterocycles. The van der Waals surface area contributed by atoms with Gasteiger partial charge in [0.1, 0.15) is 0 Å². The third-order valence-electron chi connectivity index (χ3n) is 2.48. The van der Waals surface area contributed by atoms with Crippen molar-refractivity contribution in [1.82, 2.24) is 5.32 Å². The van der Waals surface area contributed by atoms with Crippen LogP contribution in [0.15, 0.2) is 24.3 Å². The standard InChI is InChI=1S/C13H20ClN/c1-5-15-12(13(2,3)4)10-6-8-11(14)9-7-10/h6-9,12,15H,5H2,1-4H3. The fourth-order valence-electron chi connectivity index (χ4n) is 1.78. The topological polar surface area (TPSA) is 12.0 Å². The molecule has 1 nitrogen and oxygen atoms in total. The molecule has 0 saturated heterocycles. The summed E-state index contributed by atoms with van der Waals surface area (Å²) in [7, 11) is 0. The van der Waals surface area contributed by atoms with E-state index in [9.17, 15) is 0 Å². The molecular weight excluding hydrogens is 206 g/mol. The second-order valence-corrected chi connectivity index (χ2v) is 5.34. The summed E-state index contributed by atoms with van der Waals surface area (Å²) < 4.78 is 0. The molecule has 0 aliphatic rings. The zero-order valence-corrected chi connectivity index (χ0v) is 10.7. The summed E-state index contributed by atoms with van der Waals surface area (Å²) in [5.74, 6) is 0. The normalized spacial score (nSPS) is 13.9. The Morgan fingerprint density at radius 3 is 2.13 bits per heavy atom. The van der Waals surface area contributed by atoms with E-state index in [1.807, 2.05) is 12.1 Å². The van der Waals surface area contributed by atoms with Crippen LogP contribution >= 0.6 is 11.6 Å². The first-order valence-electron chi connectivity index (χ1n) is 5.44. The van der Waals surface area contributed by atoms with E-state index in [-0.39, 0.29) is 5.41 Å². The highest BCUT2D eigenvalue weighted by molar-refractivity contribution is 6.30. The summed E-state index contributed by atoms with van der Waals surface area (Å²) in [4.78, 5) is 0. The molecule has 0 aliphatic heterocycles. The van der Waals surface area contributed by atoms with Crippen molar-refractivity contribution in [3.63, 3.8) is 0 Å². The van der Waals surface area contributed by atoms with Crippen LogP contribution in [0.5, 0.6) is 0 Å². The first-order valence-corrected chi connectivity index (χ1v) is 5.81. The van der Waals surface area contributed by atoms with E-state index in [0.29, 0.717) is 6.04 Å². The van der Waals surface area contributed by atoms with Gasteiger partial charge in [0.25, 0.3) is 0 Å². The highest BCUT2D eigenvalue weighted by atomic mass is 35.5. The lowest BCUT2D eigenvalue weighted by Gasteiger charge is -2.31. The van der Waals surface area contributed by atoms with Crippen molar-refractivity contribution in [2.45, 2.75) is 33.7 Å². The van der Waals surface area contributed by atoms with Crippen LogP contribution in [0.3, 0.4) is 0 Å². The van der Waals surface area contributed by atoms with Crippen molar-refractivity contribution in [2.75, 3.05) is 6.54 Å². The van der Waals surface area contributed by atoms with Gasteiger partial charge in [-0.1, -0.05) is 51.4 Å². The maximum atomic E-state index is 5.89. The van der Waals surface area contributed by atoms with E-state index in [4.69, 9.17) is 11.6 Å². The predicted octanol–water partition coefficient (Wildman–Crippen LogP) is 4.04. The molecule has 0 spiro atoms. The summed E-state index contributed by atoms with van der Waals surface area (Å²) in [6.45, 7) is 9.85. The van der Waals surface area contributed by atoms with Crippen LogP contribution in [-0.4, -0.2) is 6.54 Å². The quantitative estimate of drug-likeness (QED) is 0.819. The van der Waals surface area contributed by atoms with Gasteiger partial charge < -0.3 is 5.32 Å². The molecule has 15 heavy (non-hydrogen) atoms. The molecule has 0 bridgehead atoms. The molecule has 0 fully saturated rings. The van der Waals surface area contributed by atoms with Crippen molar-refractivity contribution in [3.8, 4) is 0 Å². The Labute approximate surface area is 97.8 Å². The number of nitrogens with one attached hydrogen (secondary N) is 1. The van der Waals surface area contributed by atoms with E-state index in [0.717, 1.165) is 11.6 Å². The summed E-state index contributed by atoms with van der Waals surface area (Å²) in [6, 6.07) is 8.47. The van der Waals surface area contributed by atoms with E-state index < -0.39 is 0 Å². The Kier molecular flexibility index (Phi) is 4.18. The number of rotatable bonds is 3. The third kappa shape index (κ3) is 3.51. The monoisotopic (exact) mass is 225 g/mol. The average Bonchev–Trinajstić information content (AvgIpc) is 2.14. The third-order valence-corrected chi connectivity index (χ3v) is 2.73. The Balaban J connectivity index is 2.94. The lowest BCUT2D eigenvalue weighted by molar-refractivity contribution is 0.277. The SMILES string of the molecule is CCNC(c1ccc(Cl)cc1)C(C)(C)C. The van der Waals surface area contributed by atoms with Crippen LogP contribution in [0.2, 0.25) is 5.02 Å². The molecule has 1 atom stereocenters. The van der Waals surface area contributed by atoms with E-state index in [1.165, 1.54) is 5.56 Å². The molecule has 0 radical (unpaired) electrons. The molecule has 0 saturated carbocycles. The molecule has 0 aromatic heterocycles. The lowest BCUT2D eigenvalue weighted by Crippen LogP contribution is -2.32. The van der Waals surface area contributed by atoms with Crippen LogP contribution in [-0.2, 0) is 0 Å². The Morgan fingerprint density at radius 2 is 1.73 bits per heavy atom. The zero-order valence-electron chi connectivity index (χ0n) is 9.97. The van der Waals surface area contributed by atoms with Crippen molar-refractivity contribution in [3.05, 3.63) is 34.9 Å². The Morgan fingerprint density at radius 1 is 1.20 bits per heavy atom. The molecule has 0 aliphatic carbocycles. The van der Waals surface area contributed by atoms with Gasteiger partial charge in [0.2, 0.25) is 0 Å². The molecule has 1 aromatic carbocycles. The number of hydrogen-bond donors (Lipinski definition) is 1. The summed E-state index contributed by atoms with van der Waals surface area (Å²) in [5, 5.41) is 4.31. The minimum atomic E-state index is 0.212. The minimum Gasteiger partial charge on any atom is -0.310 e. The second-order valence-electron chi connectivity index (χ2n) is 4.91. The first kappa shape index (κ1) is 12.5. The van der Waals surface area contributed by atoms with Crippen molar-refractivity contribution >= 4 is 11.6 Å². The average molecular weight is 226 g/mol. The smallest absolute Gasteiger partial charge is 0.0406 e. The van der Waals surface area contributed by atoms with Crippen molar-refractivity contribution < 1.29 is 0 Å². The van der Waals surface area contributed by atoms with Gasteiger partial charge in [0, 0.05) is 11.1 Å². The van der Waals surface area contributed by atoms with Gasteiger partial charge in [-0.2, -0.15) is 0 Å². The lowest BCUT2D eigenvalue weighted by atomic mass is 9.82. The van der Waals surface area contributed by atoms with Gasteiger partial charge in [-0.15, -0.1) is 0 Å². The summed E-state index contributed by atoms with van der Waals surface area (Å²) in [6.07, 6.45) is 0. The Hall–Kier alpha value is -0.530. The van der Waals surface area contributed by atoms with Crippen molar-refractivity contribution in [1.29, 1.82) is 0 Å². The molecule has 1 unspecified atom stereocenters. The van der Waals surface area contributed by atoms with E-state index in [2.05, 4.69) is 45.1 Å². The van der Waals surface area contributed by atoms with Crippen LogP contribution in [0, 0.1) is 5.41 Å². The summed E-state index contributed by atoms with van der Waals surface area (Å²) in [5.41, 5.74) is 1.51. The number of benzene rings is 1. The maximum absolute atomic E-state index is 5.89. The fourth-order valence-corrected chi connectivity index (χ4v) is 1.91. The maximum Gasteiger partial charge on any atom is 0.0406 e. The minimum absolute atomic E-state index is 0.212. The zero-order chi connectivity index (χ0) is 11.5. The fraction of sp³-hybridized carbons (Fsp3) is 0.538. The molecular formula is C13H20ClN. The van der Waals surface area contributed by atoms with Gasteiger partial charge in [-0.25, -0.2) is 0 Å². The largest absolute Gasteiger partial charge is 0.310 e. The van der Waals surface area contributed by atoms with E-state index >= 15 is 0 Å². The first-order chi connectivity index (χ1) is 6.95. The summed E-state index contributed by atoms with van der Waals surface area (Å²) >= 11 is 5.89. The molecule has 0 amide bonds. The molecule has 1 aromatic rings. The molecule has 2 heteroatoms. The van der Waals surface area contributed by atoms with Crippen LogP contribution in [0.4, 0.5) is 0 Å². The van der Waals surface area contributed by atoms with Crippen LogP contribution in [0.25, 0.3) is 0 Å². The van der Waals surface area contributed by atoms with Gasteiger partial charge >= 0.3 is 0 Å². The molecule has 1 rings (SSSR count). The number of halogens is 1. The van der Waals surface area contributed by atoms with Gasteiger partial charge in [-0.3, -0.25) is 0 Å². The number of hydrogen-bond acceptors (Lipinski definition) is 1. The van der Waals surface area contributed by atoms with E-state index in [1.54, 1.807) is 0 Å². The second kappa shape index (κ2) is 5.00. The van der Waals surface area contributed by atoms with Gasteiger partial charge in [0.05, 0.1) is 0 Å². The predicted molar refractivity (Wildman–Crippen MR) is 67.3 cm³/mol. The van der Waals surface area contributed by atoms with Gasteiger partial charge in [0.15, 0.2) is 0 Å². The van der Waals surface area contributed by atoms with Crippen molar-refractivity contribution in [2.24, 2.45) is 5.41 Å². The highest BCUT2D eigenvalue weighted by Gasteiger charge is 2.24. The Bertz CT molecular complexity index is 297. The molecule has 1 N–H and O–H groups in total. The highest BCUT2D eigenvalue weighted by Crippen LogP contribution is 2.32. The van der Waals surface area contributed by atoms with Crippen LogP contribution in [0.1, 0.15) is 39.3 Å². The van der Waals surface area contributed by atoms with Gasteiger partial charge in [-0.05, 0) is 29.7 Å². The van der Waals surface area contributed by atoms with Crippen LogP contribution < -0.4 is 5.32 Å².